The smallest absolute Gasteiger partial charge is 0.0547 e. The average molecular weight is 680 g/mol. The molecule has 0 saturated carbocycles. The molecule has 0 atom stereocenters. The Labute approximate surface area is 307 Å². The van der Waals surface area contributed by atoms with Crippen LogP contribution in [0.2, 0.25) is 0 Å². The summed E-state index contributed by atoms with van der Waals surface area (Å²) in [6, 6.07) is 72.9. The molecule has 0 saturated heterocycles. The fraction of sp³-hybridized carbons (Fsp3) is 0. The number of fused-ring (bicyclic) bond motifs is 6. The molecule has 0 aliphatic rings. The normalized spacial score (nSPS) is 11.5. The molecule has 0 amide bonds. The number of nitrogens with zero attached hydrogens (tertiary/aromatic N) is 1. The molecular weight excluding hydrogens is 647 g/mol. The maximum absolute atomic E-state index is 2.48. The van der Waals surface area contributed by atoms with Crippen molar-refractivity contribution in [3.05, 3.63) is 200 Å². The van der Waals surface area contributed by atoms with Gasteiger partial charge in [-0.3, -0.25) is 0 Å². The van der Waals surface area contributed by atoms with Crippen LogP contribution in [0, 0.1) is 0 Å². The molecule has 2 heteroatoms. The van der Waals surface area contributed by atoms with Crippen molar-refractivity contribution in [2.45, 2.75) is 0 Å². The van der Waals surface area contributed by atoms with Gasteiger partial charge in [0.1, 0.15) is 0 Å². The van der Waals surface area contributed by atoms with Gasteiger partial charge in [0, 0.05) is 42.2 Å². The summed E-state index contributed by atoms with van der Waals surface area (Å²) in [6.07, 6.45) is 0. The first-order valence-corrected chi connectivity index (χ1v) is 18.6. The first-order valence-electron chi connectivity index (χ1n) is 17.8. The fourth-order valence-corrected chi connectivity index (χ4v) is 8.94. The SMILES string of the molecule is c1ccc(-c2ccc(-c3ccccc3N(c3ccc4ccccc4c3)c3cc4c5ccc(-c6ccccc6)cc5sc4c4ccccc34)cc2)cc1. The fourth-order valence-electron chi connectivity index (χ4n) is 7.68. The van der Waals surface area contributed by atoms with E-state index in [-0.39, 0.29) is 0 Å². The van der Waals surface area contributed by atoms with Crippen LogP contribution < -0.4 is 4.90 Å². The Hall–Kier alpha value is -6.48. The minimum Gasteiger partial charge on any atom is -0.309 e. The van der Waals surface area contributed by atoms with Gasteiger partial charge in [0.25, 0.3) is 0 Å². The summed E-state index contributed by atoms with van der Waals surface area (Å²) >= 11 is 1.89. The second-order valence-corrected chi connectivity index (χ2v) is 14.4. The number of benzene rings is 9. The zero-order valence-electron chi connectivity index (χ0n) is 28.4. The highest BCUT2D eigenvalue weighted by atomic mass is 32.1. The minimum absolute atomic E-state index is 1.13. The van der Waals surface area contributed by atoms with Gasteiger partial charge in [0.15, 0.2) is 0 Å². The molecule has 0 bridgehead atoms. The van der Waals surface area contributed by atoms with Crippen molar-refractivity contribution in [1.29, 1.82) is 0 Å². The maximum atomic E-state index is 2.48. The van der Waals surface area contributed by atoms with Crippen LogP contribution >= 0.6 is 11.3 Å². The summed E-state index contributed by atoms with van der Waals surface area (Å²) in [5.74, 6) is 0. The van der Waals surface area contributed by atoms with Gasteiger partial charge in [0.05, 0.1) is 11.4 Å². The third-order valence-corrected chi connectivity index (χ3v) is 11.4. The summed E-state index contributed by atoms with van der Waals surface area (Å²) in [7, 11) is 0. The molecule has 1 heterocycles. The first-order chi connectivity index (χ1) is 25.8. The van der Waals surface area contributed by atoms with E-state index in [9.17, 15) is 0 Å². The second kappa shape index (κ2) is 12.7. The molecule has 1 nitrogen and oxygen atoms in total. The molecule has 0 fully saturated rings. The number of rotatable bonds is 6. The van der Waals surface area contributed by atoms with E-state index in [4.69, 9.17) is 0 Å². The standard InChI is InChI=1S/C50H33NS/c1-3-13-34(14-4-1)37-23-25-38(26-24-37)42-19-11-12-22-47(42)51(41-29-27-36-17-7-8-18-39(36)31-41)48-33-46-44-30-28-40(35-15-5-2-6-16-35)32-49(44)52-50(46)45-21-10-9-20-43(45)48/h1-33H. The van der Waals surface area contributed by atoms with Crippen LogP contribution in [0.25, 0.3) is 75.1 Å². The summed E-state index contributed by atoms with van der Waals surface area (Å²) < 4.78 is 2.62. The van der Waals surface area contributed by atoms with E-state index in [1.54, 1.807) is 0 Å². The van der Waals surface area contributed by atoms with Gasteiger partial charge in [-0.15, -0.1) is 11.3 Å². The zero-order valence-corrected chi connectivity index (χ0v) is 29.2. The molecule has 0 radical (unpaired) electrons. The zero-order chi connectivity index (χ0) is 34.4. The number of para-hydroxylation sites is 1. The second-order valence-electron chi connectivity index (χ2n) is 13.3. The topological polar surface area (TPSA) is 3.24 Å². The maximum Gasteiger partial charge on any atom is 0.0547 e. The van der Waals surface area contributed by atoms with E-state index in [1.165, 1.54) is 80.8 Å². The third-order valence-electron chi connectivity index (χ3n) is 10.2. The van der Waals surface area contributed by atoms with Crippen molar-refractivity contribution in [2.24, 2.45) is 0 Å². The van der Waals surface area contributed by atoms with Crippen molar-refractivity contribution >= 4 is 70.1 Å². The largest absolute Gasteiger partial charge is 0.309 e. The van der Waals surface area contributed by atoms with Gasteiger partial charge in [-0.05, 0) is 68.9 Å². The molecule has 244 valence electrons. The van der Waals surface area contributed by atoms with Crippen LogP contribution in [-0.2, 0) is 0 Å². The van der Waals surface area contributed by atoms with Gasteiger partial charge < -0.3 is 4.90 Å². The van der Waals surface area contributed by atoms with Crippen LogP contribution in [0.3, 0.4) is 0 Å². The van der Waals surface area contributed by atoms with Crippen LogP contribution in [0.15, 0.2) is 200 Å². The summed E-state index contributed by atoms with van der Waals surface area (Å²) in [4.78, 5) is 2.48. The summed E-state index contributed by atoms with van der Waals surface area (Å²) in [5, 5.41) is 7.52. The highest BCUT2D eigenvalue weighted by Crippen LogP contribution is 2.49. The highest BCUT2D eigenvalue weighted by Gasteiger charge is 2.22. The molecule has 0 spiro atoms. The Morgan fingerprint density at radius 1 is 0.327 bits per heavy atom. The molecule has 1 aromatic heterocycles. The lowest BCUT2D eigenvalue weighted by molar-refractivity contribution is 1.31. The first kappa shape index (κ1) is 30.4. The van der Waals surface area contributed by atoms with Gasteiger partial charge in [0.2, 0.25) is 0 Å². The Bertz CT molecular complexity index is 2890. The molecule has 10 aromatic rings. The number of thiophene rings is 1. The van der Waals surface area contributed by atoms with Crippen molar-refractivity contribution in [3.63, 3.8) is 0 Å². The summed E-state index contributed by atoms with van der Waals surface area (Å²) in [6.45, 7) is 0. The monoisotopic (exact) mass is 679 g/mol. The lowest BCUT2D eigenvalue weighted by atomic mass is 9.97. The van der Waals surface area contributed by atoms with Crippen LogP contribution in [0.4, 0.5) is 17.1 Å². The lowest BCUT2D eigenvalue weighted by Crippen LogP contribution is -2.12. The van der Waals surface area contributed by atoms with E-state index >= 15 is 0 Å². The van der Waals surface area contributed by atoms with Gasteiger partial charge in [-0.2, -0.15) is 0 Å². The highest BCUT2D eigenvalue weighted by molar-refractivity contribution is 7.26. The number of hydrogen-bond acceptors (Lipinski definition) is 2. The van der Waals surface area contributed by atoms with Crippen molar-refractivity contribution in [2.75, 3.05) is 4.90 Å². The molecule has 9 aromatic carbocycles. The van der Waals surface area contributed by atoms with E-state index in [0.717, 1.165) is 11.4 Å². The Balaban J connectivity index is 1.22. The van der Waals surface area contributed by atoms with E-state index < -0.39 is 0 Å². The molecule has 0 unspecified atom stereocenters. The van der Waals surface area contributed by atoms with E-state index in [0.29, 0.717) is 0 Å². The summed E-state index contributed by atoms with van der Waals surface area (Å²) in [5.41, 5.74) is 10.7. The number of hydrogen-bond donors (Lipinski definition) is 0. The van der Waals surface area contributed by atoms with Gasteiger partial charge in [-0.25, -0.2) is 0 Å². The molecule has 10 rings (SSSR count). The average Bonchev–Trinajstić information content (AvgIpc) is 3.60. The molecule has 0 aliphatic heterocycles. The molecular formula is C50H33NS. The van der Waals surface area contributed by atoms with Gasteiger partial charge >= 0.3 is 0 Å². The molecule has 0 aliphatic carbocycles. The van der Waals surface area contributed by atoms with Crippen molar-refractivity contribution in [1.82, 2.24) is 0 Å². The quantitative estimate of drug-likeness (QED) is 0.169. The number of anilines is 3. The van der Waals surface area contributed by atoms with Crippen molar-refractivity contribution in [3.8, 4) is 33.4 Å². The Morgan fingerprint density at radius 3 is 1.71 bits per heavy atom. The Kier molecular flexibility index (Phi) is 7.41. The molecule has 0 N–H and O–H groups in total. The minimum atomic E-state index is 1.13. The Morgan fingerprint density at radius 2 is 0.923 bits per heavy atom. The predicted molar refractivity (Wildman–Crippen MR) is 225 cm³/mol. The van der Waals surface area contributed by atoms with Crippen molar-refractivity contribution < 1.29 is 0 Å². The third kappa shape index (κ3) is 5.24. The van der Waals surface area contributed by atoms with Crippen LogP contribution in [-0.4, -0.2) is 0 Å². The van der Waals surface area contributed by atoms with Crippen LogP contribution in [0.1, 0.15) is 0 Å². The lowest BCUT2D eigenvalue weighted by Gasteiger charge is -2.29. The molecule has 52 heavy (non-hydrogen) atoms. The van der Waals surface area contributed by atoms with E-state index in [2.05, 4.69) is 205 Å². The van der Waals surface area contributed by atoms with Gasteiger partial charge in [-0.1, -0.05) is 170 Å². The predicted octanol–water partition coefficient (Wildman–Crippen LogP) is 14.8. The van der Waals surface area contributed by atoms with E-state index in [1.807, 2.05) is 11.3 Å². The van der Waals surface area contributed by atoms with Crippen LogP contribution in [0.5, 0.6) is 0 Å².